The van der Waals surface area contributed by atoms with Crippen LogP contribution in [0.1, 0.15) is 27.7 Å². The standard InChI is InChI=1S/C14H14BrNO2S/c1-3-9-11(16)13(14(17)18)19-12(9)8-5-4-7(2)10(15)6-8/h4-6H,3,16H2,1-2H3,(H,17,18). The van der Waals surface area contributed by atoms with Gasteiger partial charge in [0.25, 0.3) is 0 Å². The van der Waals surface area contributed by atoms with E-state index in [0.717, 1.165) is 32.5 Å². The van der Waals surface area contributed by atoms with Crippen molar-refractivity contribution >= 4 is 38.9 Å². The second-order valence-corrected chi connectivity index (χ2v) is 6.15. The zero-order valence-electron chi connectivity index (χ0n) is 10.7. The second-order valence-electron chi connectivity index (χ2n) is 4.28. The Balaban J connectivity index is 2.64. The first kappa shape index (κ1) is 14.1. The molecule has 5 heteroatoms. The molecule has 100 valence electrons. The lowest BCUT2D eigenvalue weighted by molar-refractivity contribution is 0.0703. The number of carboxylic acids is 1. The van der Waals surface area contributed by atoms with Gasteiger partial charge in [0.1, 0.15) is 4.88 Å². The number of hydrogen-bond acceptors (Lipinski definition) is 3. The Morgan fingerprint density at radius 2 is 2.16 bits per heavy atom. The molecular weight excluding hydrogens is 326 g/mol. The van der Waals surface area contributed by atoms with Crippen molar-refractivity contribution in [2.45, 2.75) is 20.3 Å². The summed E-state index contributed by atoms with van der Waals surface area (Å²) >= 11 is 4.74. The minimum absolute atomic E-state index is 0.226. The molecule has 1 aromatic carbocycles. The fraction of sp³-hybridized carbons (Fsp3) is 0.214. The lowest BCUT2D eigenvalue weighted by Crippen LogP contribution is -1.99. The molecule has 0 spiro atoms. The molecule has 0 radical (unpaired) electrons. The highest BCUT2D eigenvalue weighted by Crippen LogP contribution is 2.40. The molecule has 0 fully saturated rings. The average molecular weight is 340 g/mol. The van der Waals surface area contributed by atoms with Gasteiger partial charge < -0.3 is 10.8 Å². The van der Waals surface area contributed by atoms with Gasteiger partial charge in [-0.1, -0.05) is 35.0 Å². The van der Waals surface area contributed by atoms with Crippen LogP contribution in [0.3, 0.4) is 0 Å². The third-order valence-corrected chi connectivity index (χ3v) is 5.17. The topological polar surface area (TPSA) is 63.3 Å². The molecule has 1 aromatic heterocycles. The van der Waals surface area contributed by atoms with Gasteiger partial charge >= 0.3 is 5.97 Å². The molecular formula is C14H14BrNO2S. The van der Waals surface area contributed by atoms with Crippen LogP contribution >= 0.6 is 27.3 Å². The number of hydrogen-bond donors (Lipinski definition) is 2. The number of anilines is 1. The first-order valence-corrected chi connectivity index (χ1v) is 7.47. The largest absolute Gasteiger partial charge is 0.477 e. The molecule has 3 N–H and O–H groups in total. The predicted octanol–water partition coefficient (Wildman–Crippen LogP) is 4.33. The van der Waals surface area contributed by atoms with E-state index < -0.39 is 5.97 Å². The Morgan fingerprint density at radius 3 is 2.68 bits per heavy atom. The molecule has 2 rings (SSSR count). The third-order valence-electron chi connectivity index (χ3n) is 3.03. The van der Waals surface area contributed by atoms with E-state index in [1.165, 1.54) is 11.3 Å². The van der Waals surface area contributed by atoms with Crippen LogP contribution in [0.2, 0.25) is 0 Å². The highest BCUT2D eigenvalue weighted by molar-refractivity contribution is 9.10. The van der Waals surface area contributed by atoms with E-state index >= 15 is 0 Å². The average Bonchev–Trinajstić information content (AvgIpc) is 2.70. The summed E-state index contributed by atoms with van der Waals surface area (Å²) < 4.78 is 1.01. The van der Waals surface area contributed by atoms with Gasteiger partial charge in [0.15, 0.2) is 0 Å². The lowest BCUT2D eigenvalue weighted by atomic mass is 10.0. The van der Waals surface area contributed by atoms with Gasteiger partial charge in [-0.3, -0.25) is 0 Å². The van der Waals surface area contributed by atoms with E-state index in [-0.39, 0.29) is 4.88 Å². The predicted molar refractivity (Wildman–Crippen MR) is 82.9 cm³/mol. The van der Waals surface area contributed by atoms with Crippen LogP contribution < -0.4 is 5.73 Å². The zero-order valence-corrected chi connectivity index (χ0v) is 13.1. The highest BCUT2D eigenvalue weighted by Gasteiger charge is 2.20. The molecule has 0 atom stereocenters. The van der Waals surface area contributed by atoms with Crippen molar-refractivity contribution in [3.63, 3.8) is 0 Å². The van der Waals surface area contributed by atoms with E-state index in [1.54, 1.807) is 0 Å². The zero-order chi connectivity index (χ0) is 14.2. The van der Waals surface area contributed by atoms with Crippen molar-refractivity contribution in [2.75, 3.05) is 5.73 Å². The number of aromatic carboxylic acids is 1. The van der Waals surface area contributed by atoms with E-state index in [9.17, 15) is 4.79 Å². The number of thiophene rings is 1. The monoisotopic (exact) mass is 339 g/mol. The normalized spacial score (nSPS) is 10.7. The van der Waals surface area contributed by atoms with Gasteiger partial charge in [-0.25, -0.2) is 4.79 Å². The summed E-state index contributed by atoms with van der Waals surface area (Å²) in [6.45, 7) is 4.00. The Morgan fingerprint density at radius 1 is 1.47 bits per heavy atom. The number of benzene rings is 1. The summed E-state index contributed by atoms with van der Waals surface area (Å²) in [5, 5.41) is 9.17. The van der Waals surface area contributed by atoms with Crippen molar-refractivity contribution < 1.29 is 9.90 Å². The van der Waals surface area contributed by atoms with Crippen molar-refractivity contribution in [2.24, 2.45) is 0 Å². The van der Waals surface area contributed by atoms with Gasteiger partial charge in [-0.2, -0.15) is 0 Å². The summed E-state index contributed by atoms with van der Waals surface area (Å²) in [4.78, 5) is 12.3. The molecule has 0 saturated heterocycles. The van der Waals surface area contributed by atoms with Gasteiger partial charge in [-0.15, -0.1) is 11.3 Å². The minimum Gasteiger partial charge on any atom is -0.477 e. The van der Waals surface area contributed by atoms with Crippen LogP contribution in [0, 0.1) is 6.92 Å². The van der Waals surface area contributed by atoms with Crippen LogP contribution in [-0.4, -0.2) is 11.1 Å². The van der Waals surface area contributed by atoms with Crippen LogP contribution in [0.15, 0.2) is 22.7 Å². The van der Waals surface area contributed by atoms with Gasteiger partial charge in [0, 0.05) is 9.35 Å². The fourth-order valence-electron chi connectivity index (χ4n) is 1.96. The summed E-state index contributed by atoms with van der Waals surface area (Å²) in [6, 6.07) is 6.01. The molecule has 2 aromatic rings. The van der Waals surface area contributed by atoms with Crippen LogP contribution in [0.5, 0.6) is 0 Å². The SMILES string of the molecule is CCc1c(-c2ccc(C)c(Br)c2)sc(C(=O)O)c1N. The van der Waals surface area contributed by atoms with Crippen LogP contribution in [0.25, 0.3) is 10.4 Å². The van der Waals surface area contributed by atoms with Crippen molar-refractivity contribution in [1.82, 2.24) is 0 Å². The number of nitrogen functional groups attached to an aromatic ring is 1. The molecule has 0 unspecified atom stereocenters. The molecule has 0 saturated carbocycles. The summed E-state index contributed by atoms with van der Waals surface area (Å²) in [7, 11) is 0. The first-order chi connectivity index (χ1) is 8.95. The Labute approximate surface area is 124 Å². The molecule has 19 heavy (non-hydrogen) atoms. The maximum Gasteiger partial charge on any atom is 0.348 e. The van der Waals surface area contributed by atoms with E-state index in [0.29, 0.717) is 5.69 Å². The highest BCUT2D eigenvalue weighted by atomic mass is 79.9. The third kappa shape index (κ3) is 2.53. The molecule has 0 bridgehead atoms. The van der Waals surface area contributed by atoms with Crippen molar-refractivity contribution in [3.8, 4) is 10.4 Å². The number of carbonyl (C=O) groups is 1. The second kappa shape index (κ2) is 5.35. The molecule has 0 aliphatic carbocycles. The van der Waals surface area contributed by atoms with E-state index in [2.05, 4.69) is 15.9 Å². The maximum atomic E-state index is 11.2. The maximum absolute atomic E-state index is 11.2. The number of aryl methyl sites for hydroxylation is 1. The molecule has 0 amide bonds. The van der Waals surface area contributed by atoms with Crippen LogP contribution in [-0.2, 0) is 6.42 Å². The minimum atomic E-state index is -0.963. The first-order valence-electron chi connectivity index (χ1n) is 5.86. The number of nitrogens with two attached hydrogens (primary N) is 1. The van der Waals surface area contributed by atoms with Crippen LogP contribution in [0.4, 0.5) is 5.69 Å². The quantitative estimate of drug-likeness (QED) is 0.874. The Hall–Kier alpha value is -1.33. The van der Waals surface area contributed by atoms with Gasteiger partial charge in [0.05, 0.1) is 5.69 Å². The smallest absolute Gasteiger partial charge is 0.348 e. The molecule has 0 aliphatic heterocycles. The summed E-state index contributed by atoms with van der Waals surface area (Å²) in [6.07, 6.45) is 0.719. The van der Waals surface area contributed by atoms with Crippen molar-refractivity contribution in [3.05, 3.63) is 38.7 Å². The van der Waals surface area contributed by atoms with E-state index in [4.69, 9.17) is 10.8 Å². The number of carboxylic acid groups (broad SMARTS) is 1. The summed E-state index contributed by atoms with van der Waals surface area (Å²) in [5.41, 5.74) is 9.39. The molecule has 0 aliphatic rings. The number of halogens is 1. The fourth-order valence-corrected chi connectivity index (χ4v) is 3.48. The van der Waals surface area contributed by atoms with E-state index in [1.807, 2.05) is 32.0 Å². The molecule has 1 heterocycles. The molecule has 3 nitrogen and oxygen atoms in total. The Bertz CT molecular complexity index is 649. The van der Waals surface area contributed by atoms with Gasteiger partial charge in [0.2, 0.25) is 0 Å². The van der Waals surface area contributed by atoms with Gasteiger partial charge in [-0.05, 0) is 36.1 Å². The number of rotatable bonds is 3. The lowest BCUT2D eigenvalue weighted by Gasteiger charge is -2.05. The summed E-state index contributed by atoms with van der Waals surface area (Å²) in [5.74, 6) is -0.963. The van der Waals surface area contributed by atoms with Crippen molar-refractivity contribution in [1.29, 1.82) is 0 Å². The Kier molecular flexibility index (Phi) is 3.96.